The molecule has 1 amide bonds. The van der Waals surface area contributed by atoms with Crippen molar-refractivity contribution in [1.82, 2.24) is 5.32 Å². The van der Waals surface area contributed by atoms with Crippen molar-refractivity contribution < 1.29 is 4.79 Å². The van der Waals surface area contributed by atoms with Gasteiger partial charge >= 0.3 is 0 Å². The molecule has 3 rings (SSSR count). The lowest BCUT2D eigenvalue weighted by Crippen LogP contribution is -2.36. The molecule has 0 saturated heterocycles. The van der Waals surface area contributed by atoms with Crippen LogP contribution in [0.2, 0.25) is 0 Å². The second kappa shape index (κ2) is 6.91. The van der Waals surface area contributed by atoms with Crippen molar-refractivity contribution in [3.8, 4) is 0 Å². The molecule has 1 aliphatic rings. The molecule has 0 atom stereocenters. The van der Waals surface area contributed by atoms with Crippen molar-refractivity contribution in [3.05, 3.63) is 65.7 Å². The molecule has 0 radical (unpaired) electrons. The summed E-state index contributed by atoms with van der Waals surface area (Å²) in [5, 5.41) is 6.41. The van der Waals surface area contributed by atoms with E-state index >= 15 is 0 Å². The summed E-state index contributed by atoms with van der Waals surface area (Å²) in [5.41, 5.74) is 3.80. The van der Waals surface area contributed by atoms with Crippen LogP contribution >= 0.6 is 0 Å². The number of benzene rings is 2. The van der Waals surface area contributed by atoms with Crippen molar-refractivity contribution in [2.45, 2.75) is 44.4 Å². The smallest absolute Gasteiger partial charge is 0.239 e. The third kappa shape index (κ3) is 4.22. The van der Waals surface area contributed by atoms with Gasteiger partial charge < -0.3 is 10.6 Å². The second-order valence-corrected chi connectivity index (χ2v) is 8.07. The van der Waals surface area contributed by atoms with Gasteiger partial charge in [0.2, 0.25) is 5.91 Å². The van der Waals surface area contributed by atoms with E-state index in [2.05, 4.69) is 61.7 Å². The van der Waals surface area contributed by atoms with Gasteiger partial charge in [-0.25, -0.2) is 0 Å². The Morgan fingerprint density at radius 3 is 2.28 bits per heavy atom. The highest BCUT2D eigenvalue weighted by Gasteiger charge is 2.44. The second-order valence-electron chi connectivity index (χ2n) is 8.07. The van der Waals surface area contributed by atoms with Crippen LogP contribution < -0.4 is 10.6 Å². The van der Waals surface area contributed by atoms with Crippen molar-refractivity contribution >= 4 is 11.6 Å². The van der Waals surface area contributed by atoms with Gasteiger partial charge in [-0.3, -0.25) is 4.79 Å². The van der Waals surface area contributed by atoms with Crippen LogP contribution in [0.3, 0.4) is 0 Å². The van der Waals surface area contributed by atoms with E-state index in [0.29, 0.717) is 6.54 Å². The summed E-state index contributed by atoms with van der Waals surface area (Å²) < 4.78 is 0. The normalized spacial score (nSPS) is 15.5. The molecule has 0 spiro atoms. The Hall–Kier alpha value is -2.29. The maximum Gasteiger partial charge on any atom is 0.239 e. The molecule has 132 valence electrons. The maximum absolute atomic E-state index is 12.3. The van der Waals surface area contributed by atoms with Crippen LogP contribution in [-0.4, -0.2) is 19.0 Å². The Morgan fingerprint density at radius 1 is 1.00 bits per heavy atom. The molecule has 0 unspecified atom stereocenters. The molecule has 0 bridgehead atoms. The summed E-state index contributed by atoms with van der Waals surface area (Å²) in [4.78, 5) is 12.3. The predicted octanol–water partition coefficient (Wildman–Crippen LogP) is 4.24. The Morgan fingerprint density at radius 2 is 1.64 bits per heavy atom. The molecule has 0 aliphatic heterocycles. The summed E-state index contributed by atoms with van der Waals surface area (Å²) >= 11 is 0. The summed E-state index contributed by atoms with van der Waals surface area (Å²) in [5.74, 6) is 0.0471. The highest BCUT2D eigenvalue weighted by Crippen LogP contribution is 2.47. The van der Waals surface area contributed by atoms with E-state index in [4.69, 9.17) is 0 Å². The monoisotopic (exact) mass is 336 g/mol. The highest BCUT2D eigenvalue weighted by molar-refractivity contribution is 5.81. The van der Waals surface area contributed by atoms with Crippen LogP contribution in [-0.2, 0) is 15.6 Å². The topological polar surface area (TPSA) is 41.1 Å². The summed E-state index contributed by atoms with van der Waals surface area (Å²) in [6.45, 7) is 7.58. The standard InChI is InChI=1S/C22H28N2O/c1-21(2,3)18-11-7-8-12-19(18)23-15-20(25)24-16-22(13-14-22)17-9-5-4-6-10-17/h4-12,23H,13-16H2,1-3H3,(H,24,25). The number of rotatable bonds is 6. The highest BCUT2D eigenvalue weighted by atomic mass is 16.1. The fraction of sp³-hybridized carbons (Fsp3) is 0.409. The molecule has 0 heterocycles. The third-order valence-corrected chi connectivity index (χ3v) is 5.04. The third-order valence-electron chi connectivity index (χ3n) is 5.04. The molecule has 2 aromatic rings. The minimum absolute atomic E-state index is 0.0471. The molecule has 2 aromatic carbocycles. The van der Waals surface area contributed by atoms with E-state index in [-0.39, 0.29) is 16.7 Å². The zero-order valence-corrected chi connectivity index (χ0v) is 15.4. The number of anilines is 1. The lowest BCUT2D eigenvalue weighted by atomic mass is 9.86. The number of para-hydroxylation sites is 1. The minimum Gasteiger partial charge on any atom is -0.376 e. The summed E-state index contributed by atoms with van der Waals surface area (Å²) in [7, 11) is 0. The van der Waals surface area contributed by atoms with Crippen molar-refractivity contribution in [1.29, 1.82) is 0 Å². The average Bonchev–Trinajstić information content (AvgIpc) is 3.40. The van der Waals surface area contributed by atoms with Gasteiger partial charge in [0.25, 0.3) is 0 Å². The molecule has 3 nitrogen and oxygen atoms in total. The molecule has 2 N–H and O–H groups in total. The fourth-order valence-corrected chi connectivity index (χ4v) is 3.31. The van der Waals surface area contributed by atoms with Crippen LogP contribution in [0, 0.1) is 0 Å². The molecular formula is C22H28N2O. The van der Waals surface area contributed by atoms with Gasteiger partial charge in [-0.2, -0.15) is 0 Å². The largest absolute Gasteiger partial charge is 0.376 e. The van der Waals surface area contributed by atoms with Crippen LogP contribution in [0.25, 0.3) is 0 Å². The zero-order chi connectivity index (χ0) is 17.9. The van der Waals surface area contributed by atoms with Gasteiger partial charge in [0.05, 0.1) is 6.54 Å². The van der Waals surface area contributed by atoms with Crippen LogP contribution in [0.1, 0.15) is 44.7 Å². The number of hydrogen-bond donors (Lipinski definition) is 2. The van der Waals surface area contributed by atoms with Crippen molar-refractivity contribution in [2.75, 3.05) is 18.4 Å². The first kappa shape index (κ1) is 17.5. The van der Waals surface area contributed by atoms with Gasteiger partial charge in [0, 0.05) is 17.6 Å². The van der Waals surface area contributed by atoms with Gasteiger partial charge in [-0.05, 0) is 35.4 Å². The minimum atomic E-state index is 0.0471. The van der Waals surface area contributed by atoms with E-state index in [1.807, 2.05) is 24.3 Å². The van der Waals surface area contributed by atoms with Gasteiger partial charge in [-0.1, -0.05) is 69.3 Å². The maximum atomic E-state index is 12.3. The van der Waals surface area contributed by atoms with Gasteiger partial charge in [0.1, 0.15) is 0 Å². The number of hydrogen-bond acceptors (Lipinski definition) is 2. The van der Waals surface area contributed by atoms with Crippen LogP contribution in [0.15, 0.2) is 54.6 Å². The van der Waals surface area contributed by atoms with Crippen molar-refractivity contribution in [3.63, 3.8) is 0 Å². The SMILES string of the molecule is CC(C)(C)c1ccccc1NCC(=O)NCC1(c2ccccc2)CC1. The Kier molecular flexibility index (Phi) is 4.85. The fourth-order valence-electron chi connectivity index (χ4n) is 3.31. The Bertz CT molecular complexity index is 727. The van der Waals surface area contributed by atoms with E-state index < -0.39 is 0 Å². The summed E-state index contributed by atoms with van der Waals surface area (Å²) in [6, 6.07) is 18.7. The number of amides is 1. The summed E-state index contributed by atoms with van der Waals surface area (Å²) in [6.07, 6.45) is 2.30. The number of carbonyl (C=O) groups excluding carboxylic acids is 1. The van der Waals surface area contributed by atoms with Crippen LogP contribution in [0.4, 0.5) is 5.69 Å². The average molecular weight is 336 g/mol. The Labute approximate surface area is 150 Å². The van der Waals surface area contributed by atoms with E-state index in [1.54, 1.807) is 0 Å². The molecule has 3 heteroatoms. The molecule has 25 heavy (non-hydrogen) atoms. The van der Waals surface area contributed by atoms with Gasteiger partial charge in [0.15, 0.2) is 0 Å². The van der Waals surface area contributed by atoms with Crippen LogP contribution in [0.5, 0.6) is 0 Å². The predicted molar refractivity (Wildman–Crippen MR) is 104 cm³/mol. The lowest BCUT2D eigenvalue weighted by molar-refractivity contribution is -0.119. The van der Waals surface area contributed by atoms with Crippen molar-refractivity contribution in [2.24, 2.45) is 0 Å². The van der Waals surface area contributed by atoms with Gasteiger partial charge in [-0.15, -0.1) is 0 Å². The van der Waals surface area contributed by atoms with E-state index in [0.717, 1.165) is 25.1 Å². The zero-order valence-electron chi connectivity index (χ0n) is 15.4. The lowest BCUT2D eigenvalue weighted by Gasteiger charge is -2.23. The number of carbonyl (C=O) groups is 1. The Balaban J connectivity index is 1.55. The van der Waals surface area contributed by atoms with E-state index in [9.17, 15) is 4.79 Å². The molecule has 1 saturated carbocycles. The molecule has 1 fully saturated rings. The molecular weight excluding hydrogens is 308 g/mol. The number of nitrogens with one attached hydrogen (secondary N) is 2. The first-order valence-electron chi connectivity index (χ1n) is 9.06. The van der Waals surface area contributed by atoms with E-state index in [1.165, 1.54) is 11.1 Å². The quantitative estimate of drug-likeness (QED) is 0.828. The molecule has 0 aromatic heterocycles. The molecule has 1 aliphatic carbocycles. The first-order valence-corrected chi connectivity index (χ1v) is 9.06. The first-order chi connectivity index (χ1) is 11.9.